The van der Waals surface area contributed by atoms with Gasteiger partial charge >= 0.3 is 0 Å². The van der Waals surface area contributed by atoms with Crippen LogP contribution in [-0.2, 0) is 28.7 Å². The van der Waals surface area contributed by atoms with Crippen LogP contribution in [0.25, 0.3) is 0 Å². The standard InChI is InChI=1S/C10H11ClO6S3/c11-20(16,17)9-3-1-2-8(6-9)19(14,15)10-4-5-18(12,13)7-10/h1-3,6,10H,4-5,7H2/t10-/m1/s1. The third kappa shape index (κ3) is 3.16. The second-order valence-electron chi connectivity index (χ2n) is 4.48. The number of benzene rings is 1. The van der Waals surface area contributed by atoms with Gasteiger partial charge in [-0.15, -0.1) is 0 Å². The molecular formula is C10H11ClO6S3. The van der Waals surface area contributed by atoms with Crippen molar-refractivity contribution in [3.63, 3.8) is 0 Å². The highest BCUT2D eigenvalue weighted by Crippen LogP contribution is 2.27. The van der Waals surface area contributed by atoms with Crippen molar-refractivity contribution in [3.8, 4) is 0 Å². The molecule has 0 N–H and O–H groups in total. The monoisotopic (exact) mass is 358 g/mol. The molecule has 1 aliphatic heterocycles. The van der Waals surface area contributed by atoms with Crippen LogP contribution >= 0.6 is 10.7 Å². The Morgan fingerprint density at radius 1 is 1.10 bits per heavy atom. The lowest BCUT2D eigenvalue weighted by Gasteiger charge is -2.10. The van der Waals surface area contributed by atoms with Crippen LogP contribution in [0.1, 0.15) is 6.42 Å². The summed E-state index contributed by atoms with van der Waals surface area (Å²) in [6.45, 7) is 0. The molecule has 0 spiro atoms. The van der Waals surface area contributed by atoms with Crippen molar-refractivity contribution in [3.05, 3.63) is 24.3 Å². The first-order valence-corrected chi connectivity index (χ1v) is 11.2. The zero-order chi connectivity index (χ0) is 15.2. The van der Waals surface area contributed by atoms with Crippen molar-refractivity contribution in [1.29, 1.82) is 0 Å². The molecule has 1 aromatic carbocycles. The Morgan fingerprint density at radius 3 is 2.20 bits per heavy atom. The number of rotatable bonds is 3. The zero-order valence-corrected chi connectivity index (χ0v) is 13.3. The maximum Gasteiger partial charge on any atom is 0.261 e. The molecule has 20 heavy (non-hydrogen) atoms. The molecule has 1 heterocycles. The highest BCUT2D eigenvalue weighted by molar-refractivity contribution is 8.13. The van der Waals surface area contributed by atoms with Crippen LogP contribution in [0.4, 0.5) is 0 Å². The maximum absolute atomic E-state index is 12.3. The average molecular weight is 359 g/mol. The van der Waals surface area contributed by atoms with E-state index in [0.29, 0.717) is 0 Å². The molecule has 1 fully saturated rings. The molecule has 0 aliphatic carbocycles. The molecule has 1 aromatic rings. The Balaban J connectivity index is 2.46. The summed E-state index contributed by atoms with van der Waals surface area (Å²) in [6.07, 6.45) is 0.0164. The predicted octanol–water partition coefficient (Wildman–Crippen LogP) is 0.575. The van der Waals surface area contributed by atoms with Crippen molar-refractivity contribution in [2.45, 2.75) is 21.5 Å². The van der Waals surface area contributed by atoms with E-state index in [9.17, 15) is 25.3 Å². The smallest absolute Gasteiger partial charge is 0.229 e. The van der Waals surface area contributed by atoms with Gasteiger partial charge in [0.05, 0.1) is 26.5 Å². The summed E-state index contributed by atoms with van der Waals surface area (Å²) in [5.74, 6) is -0.614. The van der Waals surface area contributed by atoms with E-state index < -0.39 is 39.7 Å². The van der Waals surface area contributed by atoms with Gasteiger partial charge in [0, 0.05) is 10.7 Å². The summed E-state index contributed by atoms with van der Waals surface area (Å²) in [6, 6.07) is 4.60. The molecule has 1 aliphatic rings. The lowest BCUT2D eigenvalue weighted by atomic mass is 10.4. The Morgan fingerprint density at radius 2 is 1.70 bits per heavy atom. The van der Waals surface area contributed by atoms with Crippen LogP contribution < -0.4 is 0 Å². The Hall–Kier alpha value is -0.640. The van der Waals surface area contributed by atoms with Crippen LogP contribution in [0.15, 0.2) is 34.1 Å². The summed E-state index contributed by atoms with van der Waals surface area (Å²) in [5, 5.41) is -1.04. The topological polar surface area (TPSA) is 102 Å². The van der Waals surface area contributed by atoms with E-state index in [1.807, 2.05) is 0 Å². The second-order valence-corrected chi connectivity index (χ2v) is 11.5. The van der Waals surface area contributed by atoms with Crippen molar-refractivity contribution < 1.29 is 25.3 Å². The van der Waals surface area contributed by atoms with Gasteiger partial charge in [-0.1, -0.05) is 6.07 Å². The van der Waals surface area contributed by atoms with Gasteiger partial charge in [0.1, 0.15) is 0 Å². The highest BCUT2D eigenvalue weighted by Gasteiger charge is 2.38. The average Bonchev–Trinajstić information content (AvgIpc) is 2.69. The fraction of sp³-hybridized carbons (Fsp3) is 0.400. The molecule has 0 unspecified atom stereocenters. The van der Waals surface area contributed by atoms with Crippen LogP contribution in [0.2, 0.25) is 0 Å². The predicted molar refractivity (Wildman–Crippen MR) is 73.7 cm³/mol. The first kappa shape index (κ1) is 15.7. The normalized spacial score (nSPS) is 22.8. The fourth-order valence-corrected chi connectivity index (χ4v) is 7.28. The van der Waals surface area contributed by atoms with E-state index in [1.165, 1.54) is 18.2 Å². The third-order valence-corrected chi connectivity index (χ3v) is 8.57. The van der Waals surface area contributed by atoms with Crippen molar-refractivity contribution in [1.82, 2.24) is 0 Å². The molecule has 0 bridgehead atoms. The van der Waals surface area contributed by atoms with Crippen molar-refractivity contribution >= 4 is 39.4 Å². The summed E-state index contributed by atoms with van der Waals surface area (Å²) < 4.78 is 69.7. The molecule has 1 atom stereocenters. The van der Waals surface area contributed by atoms with Gasteiger partial charge in [-0.2, -0.15) is 0 Å². The number of sulfone groups is 2. The third-order valence-electron chi connectivity index (χ3n) is 3.05. The number of hydrogen-bond donors (Lipinski definition) is 0. The maximum atomic E-state index is 12.3. The minimum Gasteiger partial charge on any atom is -0.229 e. The van der Waals surface area contributed by atoms with Crippen molar-refractivity contribution in [2.75, 3.05) is 11.5 Å². The quantitative estimate of drug-likeness (QED) is 0.732. The second kappa shape index (κ2) is 4.97. The van der Waals surface area contributed by atoms with Gasteiger partial charge in [-0.3, -0.25) is 0 Å². The van der Waals surface area contributed by atoms with Gasteiger partial charge in [-0.25, -0.2) is 25.3 Å². The Labute approximate surface area is 122 Å². The summed E-state index contributed by atoms with van der Waals surface area (Å²) in [4.78, 5) is -0.567. The summed E-state index contributed by atoms with van der Waals surface area (Å²) in [5.41, 5.74) is 0. The highest BCUT2D eigenvalue weighted by atomic mass is 35.7. The van der Waals surface area contributed by atoms with Gasteiger partial charge in [0.2, 0.25) is 0 Å². The lowest BCUT2D eigenvalue weighted by molar-refractivity contribution is 0.582. The summed E-state index contributed by atoms with van der Waals surface area (Å²) in [7, 11) is -6.12. The van der Waals surface area contributed by atoms with E-state index in [1.54, 1.807) is 0 Å². The number of halogens is 1. The van der Waals surface area contributed by atoms with Crippen LogP contribution in [0, 0.1) is 0 Å². The first-order valence-electron chi connectivity index (χ1n) is 5.51. The van der Waals surface area contributed by atoms with Crippen LogP contribution in [0.5, 0.6) is 0 Å². The molecule has 2 rings (SSSR count). The molecule has 1 saturated heterocycles. The minimum atomic E-state index is -4.04. The van der Waals surface area contributed by atoms with E-state index >= 15 is 0 Å². The van der Waals surface area contributed by atoms with Gasteiger partial charge < -0.3 is 0 Å². The largest absolute Gasteiger partial charge is 0.261 e. The van der Waals surface area contributed by atoms with Crippen molar-refractivity contribution in [2.24, 2.45) is 0 Å². The van der Waals surface area contributed by atoms with E-state index in [4.69, 9.17) is 10.7 Å². The van der Waals surface area contributed by atoms with E-state index in [2.05, 4.69) is 0 Å². The van der Waals surface area contributed by atoms with Crippen LogP contribution in [-0.4, -0.2) is 42.0 Å². The molecule has 0 aromatic heterocycles. The van der Waals surface area contributed by atoms with E-state index in [0.717, 1.165) is 6.07 Å². The molecule has 10 heteroatoms. The van der Waals surface area contributed by atoms with Crippen LogP contribution in [0.3, 0.4) is 0 Å². The first-order chi connectivity index (χ1) is 9.02. The molecule has 6 nitrogen and oxygen atoms in total. The Bertz CT molecular complexity index is 839. The van der Waals surface area contributed by atoms with Gasteiger partial charge in [0.25, 0.3) is 9.05 Å². The minimum absolute atomic E-state index is 0.0164. The summed E-state index contributed by atoms with van der Waals surface area (Å²) >= 11 is 0. The zero-order valence-electron chi connectivity index (χ0n) is 10.1. The SMILES string of the molecule is O=S1(=O)CC[C@@H](S(=O)(=O)c2cccc(S(=O)(=O)Cl)c2)C1. The fourth-order valence-electron chi connectivity index (χ4n) is 2.00. The molecular weight excluding hydrogens is 348 g/mol. The molecule has 0 amide bonds. The molecule has 0 radical (unpaired) electrons. The van der Waals surface area contributed by atoms with E-state index in [-0.39, 0.29) is 22.0 Å². The molecule has 112 valence electrons. The lowest BCUT2D eigenvalue weighted by Crippen LogP contribution is -2.22. The Kier molecular flexibility index (Phi) is 3.91. The van der Waals surface area contributed by atoms with Gasteiger partial charge in [-0.05, 0) is 24.6 Å². The van der Waals surface area contributed by atoms with Gasteiger partial charge in [0.15, 0.2) is 19.7 Å². The molecule has 0 saturated carbocycles. The number of hydrogen-bond acceptors (Lipinski definition) is 6.